The summed E-state index contributed by atoms with van der Waals surface area (Å²) in [6, 6.07) is 1.46. The van der Waals surface area contributed by atoms with Gasteiger partial charge < -0.3 is 19.7 Å². The van der Waals surface area contributed by atoms with Crippen molar-refractivity contribution in [2.24, 2.45) is 5.92 Å². The van der Waals surface area contributed by atoms with Crippen molar-refractivity contribution in [2.45, 2.75) is 20.0 Å². The molecule has 1 unspecified atom stereocenters. The molecule has 0 aliphatic carbocycles. The SMILES string of the molecule is CC(C)COCC(O)CNC(=O)c1ccon1. The molecule has 0 bridgehead atoms. The second-order valence-corrected chi connectivity index (χ2v) is 4.18. The molecular formula is C11H18N2O4. The first-order chi connectivity index (χ1) is 8.09. The number of rotatable bonds is 7. The minimum absolute atomic E-state index is 0.129. The molecule has 6 nitrogen and oxygen atoms in total. The average Bonchev–Trinajstić information content (AvgIpc) is 2.78. The summed E-state index contributed by atoms with van der Waals surface area (Å²) in [5.74, 6) is 0.0496. The third kappa shape index (κ3) is 5.46. The predicted molar refractivity (Wildman–Crippen MR) is 60.5 cm³/mol. The number of ether oxygens (including phenoxy) is 1. The zero-order chi connectivity index (χ0) is 12.7. The Balaban J connectivity index is 2.15. The molecule has 0 aromatic carbocycles. The maximum absolute atomic E-state index is 11.4. The molecular weight excluding hydrogens is 224 g/mol. The number of aliphatic hydroxyl groups is 1. The molecule has 1 heterocycles. The van der Waals surface area contributed by atoms with Crippen LogP contribution < -0.4 is 5.32 Å². The molecule has 17 heavy (non-hydrogen) atoms. The quantitative estimate of drug-likeness (QED) is 0.724. The number of carbonyl (C=O) groups excluding carboxylic acids is 1. The predicted octanol–water partition coefficient (Wildman–Crippen LogP) is 0.438. The fourth-order valence-electron chi connectivity index (χ4n) is 1.13. The summed E-state index contributed by atoms with van der Waals surface area (Å²) in [7, 11) is 0. The van der Waals surface area contributed by atoms with E-state index in [0.717, 1.165) is 0 Å². The van der Waals surface area contributed by atoms with E-state index >= 15 is 0 Å². The largest absolute Gasteiger partial charge is 0.389 e. The van der Waals surface area contributed by atoms with E-state index in [2.05, 4.69) is 15.0 Å². The Morgan fingerprint density at radius 2 is 2.35 bits per heavy atom. The highest BCUT2D eigenvalue weighted by Crippen LogP contribution is 1.95. The minimum Gasteiger partial charge on any atom is -0.389 e. The van der Waals surface area contributed by atoms with Gasteiger partial charge in [-0.05, 0) is 5.92 Å². The summed E-state index contributed by atoms with van der Waals surface area (Å²) in [5.41, 5.74) is 0.195. The summed E-state index contributed by atoms with van der Waals surface area (Å²) in [6.07, 6.45) is 0.599. The van der Waals surface area contributed by atoms with Crippen molar-refractivity contribution in [3.8, 4) is 0 Å². The topological polar surface area (TPSA) is 84.6 Å². The lowest BCUT2D eigenvalue weighted by Crippen LogP contribution is -2.35. The number of aliphatic hydroxyl groups excluding tert-OH is 1. The molecule has 1 atom stereocenters. The van der Waals surface area contributed by atoms with Crippen LogP contribution in [0.5, 0.6) is 0 Å². The number of aromatic nitrogens is 1. The van der Waals surface area contributed by atoms with E-state index in [-0.39, 0.29) is 24.8 Å². The Labute approximate surface area is 99.9 Å². The molecule has 1 amide bonds. The van der Waals surface area contributed by atoms with Crippen molar-refractivity contribution >= 4 is 5.91 Å². The molecule has 0 saturated carbocycles. The van der Waals surface area contributed by atoms with Crippen molar-refractivity contribution in [2.75, 3.05) is 19.8 Å². The Morgan fingerprint density at radius 1 is 1.59 bits per heavy atom. The second kappa shape index (κ2) is 7.03. The van der Waals surface area contributed by atoms with Crippen LogP contribution >= 0.6 is 0 Å². The molecule has 2 N–H and O–H groups in total. The van der Waals surface area contributed by atoms with E-state index in [9.17, 15) is 9.90 Å². The highest BCUT2D eigenvalue weighted by atomic mass is 16.5. The Hall–Kier alpha value is -1.40. The lowest BCUT2D eigenvalue weighted by atomic mass is 10.2. The van der Waals surface area contributed by atoms with E-state index < -0.39 is 6.10 Å². The van der Waals surface area contributed by atoms with Crippen LogP contribution in [0.1, 0.15) is 24.3 Å². The molecule has 0 aliphatic heterocycles. The molecule has 6 heteroatoms. The summed E-state index contributed by atoms with van der Waals surface area (Å²) in [6.45, 7) is 4.98. The molecule has 0 spiro atoms. The zero-order valence-electron chi connectivity index (χ0n) is 10.0. The Kier molecular flexibility index (Phi) is 5.65. The van der Waals surface area contributed by atoms with Crippen LogP contribution in [0.15, 0.2) is 16.9 Å². The highest BCUT2D eigenvalue weighted by Gasteiger charge is 2.11. The summed E-state index contributed by atoms with van der Waals surface area (Å²) >= 11 is 0. The zero-order valence-corrected chi connectivity index (χ0v) is 10.0. The first-order valence-electron chi connectivity index (χ1n) is 5.54. The number of amides is 1. The van der Waals surface area contributed by atoms with E-state index in [0.29, 0.717) is 12.5 Å². The first kappa shape index (κ1) is 13.7. The molecule has 96 valence electrons. The summed E-state index contributed by atoms with van der Waals surface area (Å²) in [5, 5.41) is 15.5. The summed E-state index contributed by atoms with van der Waals surface area (Å²) < 4.78 is 9.78. The van der Waals surface area contributed by atoms with E-state index in [1.54, 1.807) is 0 Å². The Bertz CT molecular complexity index is 324. The highest BCUT2D eigenvalue weighted by molar-refractivity contribution is 5.91. The molecule has 0 fully saturated rings. The monoisotopic (exact) mass is 242 g/mol. The molecule has 0 radical (unpaired) electrons. The van der Waals surface area contributed by atoms with Crippen LogP contribution in [0.3, 0.4) is 0 Å². The number of nitrogens with zero attached hydrogens (tertiary/aromatic N) is 1. The van der Waals surface area contributed by atoms with Gasteiger partial charge in [0.2, 0.25) is 0 Å². The number of nitrogens with one attached hydrogen (secondary N) is 1. The van der Waals surface area contributed by atoms with Gasteiger partial charge in [-0.15, -0.1) is 0 Å². The number of hydrogen-bond donors (Lipinski definition) is 2. The van der Waals surface area contributed by atoms with Crippen LogP contribution in [0.4, 0.5) is 0 Å². The normalized spacial score (nSPS) is 12.7. The van der Waals surface area contributed by atoms with Gasteiger partial charge in [0.25, 0.3) is 5.91 Å². The van der Waals surface area contributed by atoms with Gasteiger partial charge >= 0.3 is 0 Å². The van der Waals surface area contributed by atoms with Crippen molar-refractivity contribution in [3.05, 3.63) is 18.0 Å². The fraction of sp³-hybridized carbons (Fsp3) is 0.636. The van der Waals surface area contributed by atoms with Gasteiger partial charge in [-0.3, -0.25) is 4.79 Å². The number of hydrogen-bond acceptors (Lipinski definition) is 5. The van der Waals surface area contributed by atoms with Crippen molar-refractivity contribution < 1.29 is 19.2 Å². The van der Waals surface area contributed by atoms with Gasteiger partial charge in [0.05, 0.1) is 12.7 Å². The van der Waals surface area contributed by atoms with Gasteiger partial charge in [-0.1, -0.05) is 19.0 Å². The second-order valence-electron chi connectivity index (χ2n) is 4.18. The van der Waals surface area contributed by atoms with Gasteiger partial charge in [-0.25, -0.2) is 0 Å². The molecule has 1 aromatic heterocycles. The maximum atomic E-state index is 11.4. The van der Waals surface area contributed by atoms with Crippen LogP contribution in [0.25, 0.3) is 0 Å². The molecule has 0 aliphatic rings. The van der Waals surface area contributed by atoms with Crippen LogP contribution in [0.2, 0.25) is 0 Å². The lowest BCUT2D eigenvalue weighted by Gasteiger charge is -2.12. The smallest absolute Gasteiger partial charge is 0.273 e. The van der Waals surface area contributed by atoms with Crippen molar-refractivity contribution in [3.63, 3.8) is 0 Å². The summed E-state index contributed by atoms with van der Waals surface area (Å²) in [4.78, 5) is 11.4. The van der Waals surface area contributed by atoms with Gasteiger partial charge in [0, 0.05) is 19.2 Å². The first-order valence-corrected chi connectivity index (χ1v) is 5.54. The Morgan fingerprint density at radius 3 is 2.94 bits per heavy atom. The molecule has 1 aromatic rings. The maximum Gasteiger partial charge on any atom is 0.273 e. The lowest BCUT2D eigenvalue weighted by molar-refractivity contribution is 0.0258. The van der Waals surface area contributed by atoms with Crippen molar-refractivity contribution in [1.82, 2.24) is 10.5 Å². The standard InChI is InChI=1S/C11H18N2O4/c1-8(2)6-16-7-9(14)5-12-11(15)10-3-4-17-13-10/h3-4,8-9,14H,5-7H2,1-2H3,(H,12,15). The van der Waals surface area contributed by atoms with Gasteiger partial charge in [0.1, 0.15) is 6.26 Å². The van der Waals surface area contributed by atoms with E-state index in [4.69, 9.17) is 4.74 Å². The van der Waals surface area contributed by atoms with E-state index in [1.807, 2.05) is 13.8 Å². The van der Waals surface area contributed by atoms with Crippen LogP contribution in [-0.4, -0.2) is 42.0 Å². The van der Waals surface area contributed by atoms with Crippen molar-refractivity contribution in [1.29, 1.82) is 0 Å². The van der Waals surface area contributed by atoms with Gasteiger partial charge in [-0.2, -0.15) is 0 Å². The number of carbonyl (C=O) groups is 1. The average molecular weight is 242 g/mol. The minimum atomic E-state index is -0.718. The third-order valence-electron chi connectivity index (χ3n) is 1.93. The molecule has 1 rings (SSSR count). The van der Waals surface area contributed by atoms with Crippen LogP contribution in [0, 0.1) is 5.92 Å². The third-order valence-corrected chi connectivity index (χ3v) is 1.93. The fourth-order valence-corrected chi connectivity index (χ4v) is 1.13. The molecule has 0 saturated heterocycles. The van der Waals surface area contributed by atoms with Crippen LogP contribution in [-0.2, 0) is 4.74 Å². The van der Waals surface area contributed by atoms with E-state index in [1.165, 1.54) is 12.3 Å². The van der Waals surface area contributed by atoms with Gasteiger partial charge in [0.15, 0.2) is 5.69 Å².